The van der Waals surface area contributed by atoms with Crippen LogP contribution < -0.4 is 10.6 Å². The molecule has 2 amide bonds. The smallest absolute Gasteiger partial charge is 0.261 e. The van der Waals surface area contributed by atoms with Gasteiger partial charge in [-0.1, -0.05) is 25.1 Å². The molecule has 36 heavy (non-hydrogen) atoms. The van der Waals surface area contributed by atoms with Gasteiger partial charge in [-0.25, -0.2) is 9.37 Å². The predicted molar refractivity (Wildman–Crippen MR) is 133 cm³/mol. The molecule has 9 heteroatoms. The number of nitriles is 1. The number of carbonyl (C=O) groups is 2. The second-order valence-electron chi connectivity index (χ2n) is 8.38. The Morgan fingerprint density at radius 2 is 1.78 bits per heavy atom. The van der Waals surface area contributed by atoms with E-state index >= 15 is 0 Å². The van der Waals surface area contributed by atoms with Crippen molar-refractivity contribution < 1.29 is 14.0 Å². The highest BCUT2D eigenvalue weighted by atomic mass is 19.1. The number of aromatic nitrogens is 2. The first-order chi connectivity index (χ1) is 17.5. The second-order valence-corrected chi connectivity index (χ2v) is 8.38. The summed E-state index contributed by atoms with van der Waals surface area (Å²) in [4.78, 5) is 35.3. The summed E-state index contributed by atoms with van der Waals surface area (Å²) in [6.07, 6.45) is 2.20. The standard InChI is InChI=1S/C27H21FN6O2/c1-2-18(15-34-26(35)20-7-3-4-8-21(20)27(34)36)31-25-22(28)13-17(14-29)24(33-25)32-19-9-10-23-16(12-19)6-5-11-30-23/h3-13,18H,2,15H2,1H3,(H2,31,32,33)/t18-/m1/s1. The maximum Gasteiger partial charge on any atom is 0.261 e. The van der Waals surface area contributed by atoms with E-state index in [1.54, 1.807) is 36.5 Å². The minimum atomic E-state index is -0.708. The lowest BCUT2D eigenvalue weighted by Gasteiger charge is -2.23. The molecule has 0 bridgehead atoms. The molecule has 8 nitrogen and oxygen atoms in total. The van der Waals surface area contributed by atoms with Crippen molar-refractivity contribution in [3.05, 3.63) is 89.4 Å². The van der Waals surface area contributed by atoms with Crippen LogP contribution >= 0.6 is 0 Å². The van der Waals surface area contributed by atoms with Gasteiger partial charge in [-0.2, -0.15) is 5.26 Å². The Morgan fingerprint density at radius 3 is 2.47 bits per heavy atom. The molecule has 5 rings (SSSR count). The molecule has 178 valence electrons. The number of hydrogen-bond acceptors (Lipinski definition) is 7. The van der Waals surface area contributed by atoms with Gasteiger partial charge in [-0.3, -0.25) is 19.5 Å². The number of imide groups is 1. The number of amides is 2. The molecule has 1 atom stereocenters. The number of halogens is 1. The van der Waals surface area contributed by atoms with E-state index in [4.69, 9.17) is 0 Å². The number of anilines is 3. The van der Waals surface area contributed by atoms with Crippen LogP contribution in [0.1, 0.15) is 39.6 Å². The minimum absolute atomic E-state index is 0.0396. The van der Waals surface area contributed by atoms with Crippen molar-refractivity contribution >= 4 is 40.0 Å². The van der Waals surface area contributed by atoms with Gasteiger partial charge in [0.2, 0.25) is 0 Å². The first-order valence-corrected chi connectivity index (χ1v) is 11.4. The van der Waals surface area contributed by atoms with Crippen LogP contribution in [-0.4, -0.2) is 39.3 Å². The molecule has 0 radical (unpaired) electrons. The van der Waals surface area contributed by atoms with Crippen LogP contribution in [0.2, 0.25) is 0 Å². The Bertz CT molecular complexity index is 1510. The molecule has 4 aromatic rings. The summed E-state index contributed by atoms with van der Waals surface area (Å²) in [5.41, 5.74) is 2.24. The average molecular weight is 481 g/mol. The lowest BCUT2D eigenvalue weighted by atomic mass is 10.1. The monoisotopic (exact) mass is 480 g/mol. The molecule has 0 unspecified atom stereocenters. The molecule has 3 heterocycles. The lowest BCUT2D eigenvalue weighted by Crippen LogP contribution is -2.40. The Hall–Kier alpha value is -4.84. The third-order valence-corrected chi connectivity index (χ3v) is 6.08. The van der Waals surface area contributed by atoms with Crippen LogP contribution in [-0.2, 0) is 0 Å². The van der Waals surface area contributed by atoms with Crippen molar-refractivity contribution in [2.45, 2.75) is 19.4 Å². The van der Waals surface area contributed by atoms with E-state index in [-0.39, 0.29) is 35.6 Å². The summed E-state index contributed by atoms with van der Waals surface area (Å²) in [5.74, 6) is -1.36. The van der Waals surface area contributed by atoms with E-state index in [9.17, 15) is 19.2 Å². The number of hydrogen-bond donors (Lipinski definition) is 2. The molecule has 0 saturated carbocycles. The molecular formula is C27H21FN6O2. The van der Waals surface area contributed by atoms with Gasteiger partial charge in [0.05, 0.1) is 22.2 Å². The first-order valence-electron chi connectivity index (χ1n) is 11.4. The van der Waals surface area contributed by atoms with Gasteiger partial charge in [0.25, 0.3) is 11.8 Å². The number of rotatable bonds is 7. The number of nitrogens with zero attached hydrogens (tertiary/aromatic N) is 4. The van der Waals surface area contributed by atoms with Gasteiger partial charge >= 0.3 is 0 Å². The first kappa shape index (κ1) is 22.9. The molecule has 2 aromatic carbocycles. The molecule has 0 spiro atoms. The molecule has 0 saturated heterocycles. The summed E-state index contributed by atoms with van der Waals surface area (Å²) in [7, 11) is 0. The normalized spacial score (nSPS) is 13.4. The third kappa shape index (κ3) is 4.20. The summed E-state index contributed by atoms with van der Waals surface area (Å²) < 4.78 is 14.9. The zero-order valence-corrected chi connectivity index (χ0v) is 19.3. The van der Waals surface area contributed by atoms with Crippen LogP contribution in [0, 0.1) is 17.1 Å². The Morgan fingerprint density at radius 1 is 1.03 bits per heavy atom. The van der Waals surface area contributed by atoms with Gasteiger partial charge in [-0.05, 0) is 48.9 Å². The fourth-order valence-electron chi connectivity index (χ4n) is 4.16. The topological polar surface area (TPSA) is 111 Å². The zero-order valence-electron chi connectivity index (χ0n) is 19.3. The summed E-state index contributed by atoms with van der Waals surface area (Å²) in [5, 5.41) is 16.5. The Kier molecular flexibility index (Phi) is 6.00. The number of pyridine rings is 2. The number of nitrogens with one attached hydrogen (secondary N) is 2. The lowest BCUT2D eigenvalue weighted by molar-refractivity contribution is 0.0647. The quantitative estimate of drug-likeness (QED) is 0.363. The molecular weight excluding hydrogens is 459 g/mol. The average Bonchev–Trinajstić information content (AvgIpc) is 3.14. The Labute approximate surface area is 206 Å². The SMILES string of the molecule is CC[C@H](CN1C(=O)c2ccccc2C1=O)Nc1nc(Nc2ccc3ncccc3c2)c(C#N)cc1F. The predicted octanol–water partition coefficient (Wildman–Crippen LogP) is 4.87. The maximum absolute atomic E-state index is 14.9. The fourth-order valence-corrected chi connectivity index (χ4v) is 4.16. The highest BCUT2D eigenvalue weighted by Crippen LogP contribution is 2.27. The summed E-state index contributed by atoms with van der Waals surface area (Å²) in [6, 6.07) is 18.5. The van der Waals surface area contributed by atoms with Crippen molar-refractivity contribution in [2.75, 3.05) is 17.2 Å². The van der Waals surface area contributed by atoms with Crippen LogP contribution in [0.3, 0.4) is 0 Å². The van der Waals surface area contributed by atoms with Crippen molar-refractivity contribution in [1.82, 2.24) is 14.9 Å². The molecule has 0 aliphatic carbocycles. The third-order valence-electron chi connectivity index (χ3n) is 6.08. The Balaban J connectivity index is 1.39. The van der Waals surface area contributed by atoms with Gasteiger partial charge in [0.1, 0.15) is 6.07 Å². The van der Waals surface area contributed by atoms with Crippen molar-refractivity contribution in [3.8, 4) is 6.07 Å². The highest BCUT2D eigenvalue weighted by Gasteiger charge is 2.36. The van der Waals surface area contributed by atoms with Gasteiger partial charge in [0.15, 0.2) is 17.5 Å². The highest BCUT2D eigenvalue weighted by molar-refractivity contribution is 6.21. The zero-order chi connectivity index (χ0) is 25.2. The maximum atomic E-state index is 14.9. The molecule has 2 N–H and O–H groups in total. The number of benzene rings is 2. The number of fused-ring (bicyclic) bond motifs is 2. The van der Waals surface area contributed by atoms with E-state index in [1.165, 1.54) is 0 Å². The van der Waals surface area contributed by atoms with E-state index in [0.717, 1.165) is 21.9 Å². The van der Waals surface area contributed by atoms with Crippen LogP contribution in [0.4, 0.5) is 21.7 Å². The van der Waals surface area contributed by atoms with Gasteiger partial charge in [0, 0.05) is 29.9 Å². The van der Waals surface area contributed by atoms with E-state index in [0.29, 0.717) is 23.2 Å². The molecule has 0 fully saturated rings. The van der Waals surface area contributed by atoms with Crippen LogP contribution in [0.15, 0.2) is 66.9 Å². The van der Waals surface area contributed by atoms with Crippen LogP contribution in [0.5, 0.6) is 0 Å². The van der Waals surface area contributed by atoms with E-state index in [2.05, 4.69) is 20.6 Å². The van der Waals surface area contributed by atoms with Crippen molar-refractivity contribution in [2.24, 2.45) is 0 Å². The fraction of sp³-hybridized carbons (Fsp3) is 0.148. The molecule has 2 aromatic heterocycles. The second kappa shape index (κ2) is 9.43. The van der Waals surface area contributed by atoms with Gasteiger partial charge < -0.3 is 10.6 Å². The summed E-state index contributed by atoms with van der Waals surface area (Å²) >= 11 is 0. The molecule has 1 aliphatic rings. The van der Waals surface area contributed by atoms with Crippen molar-refractivity contribution in [1.29, 1.82) is 5.26 Å². The van der Waals surface area contributed by atoms with E-state index < -0.39 is 11.9 Å². The minimum Gasteiger partial charge on any atom is -0.363 e. The summed E-state index contributed by atoms with van der Waals surface area (Å²) in [6.45, 7) is 1.91. The van der Waals surface area contributed by atoms with Crippen molar-refractivity contribution in [3.63, 3.8) is 0 Å². The largest absolute Gasteiger partial charge is 0.363 e. The van der Waals surface area contributed by atoms with Gasteiger partial charge in [-0.15, -0.1) is 0 Å². The van der Waals surface area contributed by atoms with Crippen LogP contribution in [0.25, 0.3) is 10.9 Å². The van der Waals surface area contributed by atoms with E-state index in [1.807, 2.05) is 37.3 Å². The number of carbonyl (C=O) groups excluding carboxylic acids is 2. The molecule has 1 aliphatic heterocycles.